The SMILES string of the molecule is CCC(C)C(=O)OC1CCC=C2C=CC(C)C(CCC3CC(O)CC(=O)O3)[C@@H]21. The molecule has 7 atom stereocenters. The Morgan fingerprint density at radius 1 is 1.39 bits per heavy atom. The van der Waals surface area contributed by atoms with Crippen molar-refractivity contribution in [2.75, 3.05) is 0 Å². The monoisotopic (exact) mass is 390 g/mol. The van der Waals surface area contributed by atoms with Crippen LogP contribution in [0.5, 0.6) is 0 Å². The van der Waals surface area contributed by atoms with Crippen LogP contribution in [0.4, 0.5) is 0 Å². The molecule has 1 heterocycles. The average Bonchev–Trinajstić information content (AvgIpc) is 2.66. The lowest BCUT2D eigenvalue weighted by Crippen LogP contribution is -2.40. The van der Waals surface area contributed by atoms with E-state index >= 15 is 0 Å². The molecule has 3 aliphatic rings. The van der Waals surface area contributed by atoms with E-state index in [4.69, 9.17) is 9.47 Å². The van der Waals surface area contributed by atoms with Crippen LogP contribution in [0.2, 0.25) is 0 Å². The molecule has 0 bridgehead atoms. The van der Waals surface area contributed by atoms with Crippen LogP contribution < -0.4 is 0 Å². The predicted molar refractivity (Wildman–Crippen MR) is 106 cm³/mol. The molecule has 0 aromatic rings. The highest BCUT2D eigenvalue weighted by atomic mass is 16.5. The van der Waals surface area contributed by atoms with E-state index in [0.717, 1.165) is 32.1 Å². The van der Waals surface area contributed by atoms with Crippen LogP contribution in [0.1, 0.15) is 65.7 Å². The van der Waals surface area contributed by atoms with Crippen molar-refractivity contribution in [2.24, 2.45) is 23.7 Å². The van der Waals surface area contributed by atoms with Gasteiger partial charge in [0.15, 0.2) is 0 Å². The molecule has 5 nitrogen and oxygen atoms in total. The molecule has 0 aromatic carbocycles. The molecule has 5 heteroatoms. The quantitative estimate of drug-likeness (QED) is 0.695. The molecule has 28 heavy (non-hydrogen) atoms. The lowest BCUT2D eigenvalue weighted by atomic mass is 9.66. The Morgan fingerprint density at radius 3 is 2.89 bits per heavy atom. The van der Waals surface area contributed by atoms with Gasteiger partial charge in [0, 0.05) is 12.3 Å². The van der Waals surface area contributed by atoms with Crippen LogP contribution >= 0.6 is 0 Å². The molecule has 1 aliphatic heterocycles. The maximum Gasteiger partial charge on any atom is 0.308 e. The maximum atomic E-state index is 12.4. The van der Waals surface area contributed by atoms with Gasteiger partial charge in [0.25, 0.3) is 0 Å². The van der Waals surface area contributed by atoms with Gasteiger partial charge in [-0.05, 0) is 49.5 Å². The first-order valence-electron chi connectivity index (χ1n) is 10.8. The molecule has 0 spiro atoms. The highest BCUT2D eigenvalue weighted by Gasteiger charge is 2.40. The molecule has 1 saturated heterocycles. The molecule has 3 rings (SSSR count). The van der Waals surface area contributed by atoms with E-state index in [1.54, 1.807) is 0 Å². The number of fused-ring (bicyclic) bond motifs is 1. The number of ether oxygens (including phenoxy) is 2. The third kappa shape index (κ3) is 4.86. The molecule has 0 radical (unpaired) electrons. The fraction of sp³-hybridized carbons (Fsp3) is 0.739. The van der Waals surface area contributed by atoms with Gasteiger partial charge in [-0.15, -0.1) is 0 Å². The molecular formula is C23H34O5. The van der Waals surface area contributed by atoms with Gasteiger partial charge in [0.2, 0.25) is 0 Å². The Kier molecular flexibility index (Phi) is 6.97. The van der Waals surface area contributed by atoms with Crippen LogP contribution in [0, 0.1) is 23.7 Å². The van der Waals surface area contributed by atoms with E-state index in [0.29, 0.717) is 18.3 Å². The van der Waals surface area contributed by atoms with Crippen molar-refractivity contribution in [2.45, 2.75) is 84.0 Å². The molecular weight excluding hydrogens is 356 g/mol. The van der Waals surface area contributed by atoms with Gasteiger partial charge >= 0.3 is 11.9 Å². The highest BCUT2D eigenvalue weighted by molar-refractivity contribution is 5.72. The average molecular weight is 391 g/mol. The number of aliphatic hydroxyl groups excluding tert-OH is 1. The summed E-state index contributed by atoms with van der Waals surface area (Å²) in [6.45, 7) is 6.14. The van der Waals surface area contributed by atoms with Crippen molar-refractivity contribution in [3.8, 4) is 0 Å². The molecule has 1 fully saturated rings. The smallest absolute Gasteiger partial charge is 0.308 e. The van der Waals surface area contributed by atoms with E-state index in [-0.39, 0.29) is 42.4 Å². The second-order valence-corrected chi connectivity index (χ2v) is 8.76. The van der Waals surface area contributed by atoms with Crippen LogP contribution in [-0.2, 0) is 19.1 Å². The highest BCUT2D eigenvalue weighted by Crippen LogP contribution is 2.44. The number of hydrogen-bond donors (Lipinski definition) is 1. The van der Waals surface area contributed by atoms with Crippen LogP contribution in [0.25, 0.3) is 0 Å². The summed E-state index contributed by atoms with van der Waals surface area (Å²) in [4.78, 5) is 24.1. The molecule has 6 unspecified atom stereocenters. The zero-order valence-electron chi connectivity index (χ0n) is 17.3. The van der Waals surface area contributed by atoms with Crippen molar-refractivity contribution in [3.05, 3.63) is 23.8 Å². The Morgan fingerprint density at radius 2 is 2.18 bits per heavy atom. The minimum atomic E-state index is -0.593. The number of aliphatic hydroxyl groups is 1. The Balaban J connectivity index is 1.70. The summed E-state index contributed by atoms with van der Waals surface area (Å²) in [5.74, 6) is 0.426. The number of allylic oxidation sites excluding steroid dienone is 3. The lowest BCUT2D eigenvalue weighted by molar-refractivity contribution is -0.162. The lowest BCUT2D eigenvalue weighted by Gasteiger charge is -2.42. The number of carbonyl (C=O) groups is 2. The van der Waals surface area contributed by atoms with Crippen molar-refractivity contribution >= 4 is 11.9 Å². The van der Waals surface area contributed by atoms with Crippen molar-refractivity contribution in [1.29, 1.82) is 0 Å². The van der Waals surface area contributed by atoms with Gasteiger partial charge in [0.05, 0.1) is 18.4 Å². The first-order valence-corrected chi connectivity index (χ1v) is 10.8. The molecule has 1 N–H and O–H groups in total. The van der Waals surface area contributed by atoms with Crippen molar-refractivity contribution in [3.63, 3.8) is 0 Å². The van der Waals surface area contributed by atoms with Crippen LogP contribution in [-0.4, -0.2) is 35.4 Å². The number of carbonyl (C=O) groups excluding carboxylic acids is 2. The minimum Gasteiger partial charge on any atom is -0.462 e. The molecule has 0 aromatic heterocycles. The first-order chi connectivity index (χ1) is 13.4. The largest absolute Gasteiger partial charge is 0.462 e. The first kappa shape index (κ1) is 21.1. The minimum absolute atomic E-state index is 0.0764. The second-order valence-electron chi connectivity index (χ2n) is 8.76. The van der Waals surface area contributed by atoms with Gasteiger partial charge in [0.1, 0.15) is 12.2 Å². The summed E-state index contributed by atoms with van der Waals surface area (Å²) in [6, 6.07) is 0. The predicted octanol–water partition coefficient (Wildman–Crippen LogP) is 3.95. The van der Waals surface area contributed by atoms with E-state index in [1.807, 2.05) is 13.8 Å². The normalized spacial score (nSPS) is 36.1. The third-order valence-corrected chi connectivity index (χ3v) is 6.69. The summed E-state index contributed by atoms with van der Waals surface area (Å²) < 4.78 is 11.4. The van der Waals surface area contributed by atoms with E-state index in [2.05, 4.69) is 25.2 Å². The second kappa shape index (κ2) is 9.25. The summed E-state index contributed by atoms with van der Waals surface area (Å²) in [5.41, 5.74) is 1.27. The summed E-state index contributed by atoms with van der Waals surface area (Å²) in [7, 11) is 0. The number of cyclic esters (lactones) is 1. The Labute approximate surface area is 168 Å². The zero-order chi connectivity index (χ0) is 20.3. The standard InChI is InChI=1S/C23H34O5/c1-4-14(2)23(26)28-20-7-5-6-16-9-8-15(3)19(22(16)20)11-10-18-12-17(24)13-21(25)27-18/h6,8-9,14-15,17-20,22,24H,4-5,7,10-13H2,1-3H3/t14?,15?,17?,18?,19?,20?,22-/m1/s1. The van der Waals surface area contributed by atoms with E-state index in [9.17, 15) is 14.7 Å². The zero-order valence-corrected chi connectivity index (χ0v) is 17.3. The Hall–Kier alpha value is -1.62. The summed E-state index contributed by atoms with van der Waals surface area (Å²) in [5, 5.41) is 9.86. The fourth-order valence-corrected chi connectivity index (χ4v) is 4.80. The summed E-state index contributed by atoms with van der Waals surface area (Å²) >= 11 is 0. The van der Waals surface area contributed by atoms with Crippen LogP contribution in [0.15, 0.2) is 23.8 Å². The van der Waals surface area contributed by atoms with Gasteiger partial charge in [-0.25, -0.2) is 0 Å². The number of esters is 2. The third-order valence-electron chi connectivity index (χ3n) is 6.69. The number of rotatable bonds is 6. The Bertz CT molecular complexity index is 637. The van der Waals surface area contributed by atoms with Crippen LogP contribution in [0.3, 0.4) is 0 Å². The topological polar surface area (TPSA) is 72.8 Å². The molecule has 0 amide bonds. The van der Waals surface area contributed by atoms with Gasteiger partial charge < -0.3 is 14.6 Å². The van der Waals surface area contributed by atoms with Gasteiger partial charge in [-0.1, -0.05) is 39.0 Å². The molecule has 0 saturated carbocycles. The fourth-order valence-electron chi connectivity index (χ4n) is 4.80. The van der Waals surface area contributed by atoms with Gasteiger partial charge in [-0.3, -0.25) is 9.59 Å². The molecule has 156 valence electrons. The van der Waals surface area contributed by atoms with E-state index < -0.39 is 6.10 Å². The number of hydrogen-bond acceptors (Lipinski definition) is 5. The van der Waals surface area contributed by atoms with Gasteiger partial charge in [-0.2, -0.15) is 0 Å². The maximum absolute atomic E-state index is 12.4. The summed E-state index contributed by atoms with van der Waals surface area (Å²) in [6.07, 6.45) is 10.6. The van der Waals surface area contributed by atoms with Crippen molar-refractivity contribution < 1.29 is 24.2 Å². The van der Waals surface area contributed by atoms with Crippen molar-refractivity contribution in [1.82, 2.24) is 0 Å². The molecule has 2 aliphatic carbocycles. The van der Waals surface area contributed by atoms with E-state index in [1.165, 1.54) is 5.57 Å².